The van der Waals surface area contributed by atoms with Crippen LogP contribution in [-0.4, -0.2) is 48.3 Å². The number of amides is 2. The van der Waals surface area contributed by atoms with Gasteiger partial charge in [0.05, 0.1) is 12.3 Å². The molecule has 0 saturated carbocycles. The normalized spacial score (nSPS) is 10.2. The summed E-state index contributed by atoms with van der Waals surface area (Å²) in [6.07, 6.45) is 0. The van der Waals surface area contributed by atoms with E-state index in [0.29, 0.717) is 26.3 Å². The maximum absolute atomic E-state index is 13.5. The predicted molar refractivity (Wildman–Crippen MR) is 76.1 cm³/mol. The Labute approximate surface area is 122 Å². The molecule has 0 atom stereocenters. The van der Waals surface area contributed by atoms with E-state index in [4.69, 9.17) is 9.84 Å². The van der Waals surface area contributed by atoms with Crippen LogP contribution in [0.15, 0.2) is 18.2 Å². The molecule has 0 aliphatic heterocycles. The molecule has 1 aromatic carbocycles. The van der Waals surface area contributed by atoms with Crippen LogP contribution in [0, 0.1) is 5.82 Å². The summed E-state index contributed by atoms with van der Waals surface area (Å²) in [5.74, 6) is -2.32. The van der Waals surface area contributed by atoms with Crippen molar-refractivity contribution in [3.63, 3.8) is 0 Å². The SMILES string of the molecule is CCOCCN(CC)C(=O)Nc1cccc(F)c1C(=O)O. The monoisotopic (exact) mass is 298 g/mol. The molecule has 0 saturated heterocycles. The topological polar surface area (TPSA) is 78.9 Å². The molecule has 6 nitrogen and oxygen atoms in total. The molecule has 0 unspecified atom stereocenters. The molecule has 1 rings (SSSR count). The lowest BCUT2D eigenvalue weighted by Crippen LogP contribution is -2.37. The Morgan fingerprint density at radius 2 is 2.10 bits per heavy atom. The molecule has 0 bridgehead atoms. The summed E-state index contributed by atoms with van der Waals surface area (Å²) in [4.78, 5) is 24.6. The number of rotatable bonds is 7. The molecule has 0 spiro atoms. The third-order valence-electron chi connectivity index (χ3n) is 2.85. The number of nitrogens with one attached hydrogen (secondary N) is 1. The van der Waals surface area contributed by atoms with Gasteiger partial charge in [-0.3, -0.25) is 0 Å². The number of nitrogens with zero attached hydrogens (tertiary/aromatic N) is 1. The number of ether oxygens (including phenoxy) is 1. The smallest absolute Gasteiger partial charge is 0.340 e. The summed E-state index contributed by atoms with van der Waals surface area (Å²) in [7, 11) is 0. The molecule has 7 heteroatoms. The molecule has 2 N–H and O–H groups in total. The Hall–Kier alpha value is -2.15. The molecular weight excluding hydrogens is 279 g/mol. The summed E-state index contributed by atoms with van der Waals surface area (Å²) >= 11 is 0. The fourth-order valence-electron chi connectivity index (χ4n) is 1.76. The summed E-state index contributed by atoms with van der Waals surface area (Å²) in [5, 5.41) is 11.4. The molecule has 0 heterocycles. The fourth-order valence-corrected chi connectivity index (χ4v) is 1.76. The highest BCUT2D eigenvalue weighted by Crippen LogP contribution is 2.19. The molecule has 2 amide bonds. The van der Waals surface area contributed by atoms with Gasteiger partial charge in [-0.15, -0.1) is 0 Å². The number of hydrogen-bond donors (Lipinski definition) is 2. The third-order valence-corrected chi connectivity index (χ3v) is 2.85. The second kappa shape index (κ2) is 8.21. The number of carbonyl (C=O) groups excluding carboxylic acids is 1. The minimum atomic E-state index is -1.43. The van der Waals surface area contributed by atoms with Crippen molar-refractivity contribution in [2.45, 2.75) is 13.8 Å². The number of aromatic carboxylic acids is 1. The van der Waals surface area contributed by atoms with Gasteiger partial charge in [0.2, 0.25) is 0 Å². The largest absolute Gasteiger partial charge is 0.478 e. The molecule has 0 aliphatic carbocycles. The zero-order valence-electron chi connectivity index (χ0n) is 12.1. The van der Waals surface area contributed by atoms with Crippen LogP contribution in [0.4, 0.5) is 14.9 Å². The second-order valence-electron chi connectivity index (χ2n) is 4.17. The Balaban J connectivity index is 2.82. The van der Waals surface area contributed by atoms with Crippen molar-refractivity contribution in [2.24, 2.45) is 0 Å². The minimum Gasteiger partial charge on any atom is -0.478 e. The fraction of sp³-hybridized carbons (Fsp3) is 0.429. The van der Waals surface area contributed by atoms with E-state index >= 15 is 0 Å². The number of benzene rings is 1. The molecule has 0 fully saturated rings. The summed E-state index contributed by atoms with van der Waals surface area (Å²) in [6, 6.07) is 3.23. The second-order valence-corrected chi connectivity index (χ2v) is 4.17. The van der Waals surface area contributed by atoms with Crippen LogP contribution in [-0.2, 0) is 4.74 Å². The molecule has 0 aliphatic rings. The zero-order chi connectivity index (χ0) is 15.8. The highest BCUT2D eigenvalue weighted by atomic mass is 19.1. The number of halogens is 1. The van der Waals surface area contributed by atoms with Gasteiger partial charge in [-0.2, -0.15) is 0 Å². The highest BCUT2D eigenvalue weighted by Gasteiger charge is 2.19. The van der Waals surface area contributed by atoms with Crippen LogP contribution in [0.25, 0.3) is 0 Å². The molecule has 116 valence electrons. The summed E-state index contributed by atoms with van der Waals surface area (Å²) in [6.45, 7) is 5.36. The number of hydrogen-bond acceptors (Lipinski definition) is 3. The van der Waals surface area contributed by atoms with Crippen LogP contribution in [0.1, 0.15) is 24.2 Å². The van der Waals surface area contributed by atoms with E-state index in [9.17, 15) is 14.0 Å². The van der Waals surface area contributed by atoms with Gasteiger partial charge in [-0.1, -0.05) is 6.07 Å². The maximum atomic E-state index is 13.5. The lowest BCUT2D eigenvalue weighted by Gasteiger charge is -2.21. The van der Waals surface area contributed by atoms with E-state index in [1.807, 2.05) is 6.92 Å². The zero-order valence-corrected chi connectivity index (χ0v) is 12.1. The van der Waals surface area contributed by atoms with Gasteiger partial charge in [-0.05, 0) is 26.0 Å². The Morgan fingerprint density at radius 3 is 2.67 bits per heavy atom. The van der Waals surface area contributed by atoms with Crippen LogP contribution >= 0.6 is 0 Å². The molecular formula is C14H19FN2O4. The Morgan fingerprint density at radius 1 is 1.38 bits per heavy atom. The highest BCUT2D eigenvalue weighted by molar-refractivity contribution is 6.00. The molecule has 0 radical (unpaired) electrons. The van der Waals surface area contributed by atoms with E-state index in [-0.39, 0.29) is 5.69 Å². The van der Waals surface area contributed by atoms with E-state index < -0.39 is 23.4 Å². The van der Waals surface area contributed by atoms with Crippen molar-refractivity contribution < 1.29 is 23.8 Å². The van der Waals surface area contributed by atoms with Crippen LogP contribution in [0.2, 0.25) is 0 Å². The van der Waals surface area contributed by atoms with E-state index in [1.54, 1.807) is 6.92 Å². The van der Waals surface area contributed by atoms with Crippen LogP contribution < -0.4 is 5.32 Å². The first-order chi connectivity index (χ1) is 10.0. The first-order valence-corrected chi connectivity index (χ1v) is 6.66. The van der Waals surface area contributed by atoms with Gasteiger partial charge < -0.3 is 20.1 Å². The van der Waals surface area contributed by atoms with E-state index in [0.717, 1.165) is 6.07 Å². The van der Waals surface area contributed by atoms with Gasteiger partial charge in [0.15, 0.2) is 0 Å². The van der Waals surface area contributed by atoms with E-state index in [2.05, 4.69) is 5.32 Å². The van der Waals surface area contributed by atoms with Crippen LogP contribution in [0.5, 0.6) is 0 Å². The first kappa shape index (κ1) is 16.9. The molecule has 21 heavy (non-hydrogen) atoms. The molecule has 1 aromatic rings. The van der Waals surface area contributed by atoms with Crippen molar-refractivity contribution in [2.75, 3.05) is 31.6 Å². The maximum Gasteiger partial charge on any atom is 0.340 e. The predicted octanol–water partition coefficient (Wildman–Crippen LogP) is 2.41. The number of carboxylic acid groups (broad SMARTS) is 1. The average Bonchev–Trinajstić information content (AvgIpc) is 2.43. The first-order valence-electron chi connectivity index (χ1n) is 6.66. The van der Waals surface area contributed by atoms with Crippen molar-refractivity contribution in [3.05, 3.63) is 29.6 Å². The van der Waals surface area contributed by atoms with Gasteiger partial charge in [0, 0.05) is 19.7 Å². The van der Waals surface area contributed by atoms with Crippen molar-refractivity contribution in [3.8, 4) is 0 Å². The summed E-state index contributed by atoms with van der Waals surface area (Å²) in [5.41, 5.74) is -0.617. The lowest BCUT2D eigenvalue weighted by molar-refractivity contribution is 0.0693. The number of anilines is 1. The number of carbonyl (C=O) groups is 2. The van der Waals surface area contributed by atoms with Crippen molar-refractivity contribution in [1.82, 2.24) is 4.90 Å². The van der Waals surface area contributed by atoms with Crippen LogP contribution in [0.3, 0.4) is 0 Å². The standard InChI is InChI=1S/C14H19FN2O4/c1-3-17(8-9-21-4-2)14(20)16-11-7-5-6-10(15)12(11)13(18)19/h5-7H,3-4,8-9H2,1-2H3,(H,16,20)(H,18,19). The Bertz CT molecular complexity index is 508. The quantitative estimate of drug-likeness (QED) is 0.758. The average molecular weight is 298 g/mol. The van der Waals surface area contributed by atoms with Gasteiger partial charge in [-0.25, -0.2) is 14.0 Å². The Kier molecular flexibility index (Phi) is 6.61. The van der Waals surface area contributed by atoms with Crippen molar-refractivity contribution >= 4 is 17.7 Å². The van der Waals surface area contributed by atoms with Gasteiger partial charge >= 0.3 is 12.0 Å². The number of likely N-dealkylation sites (N-methyl/N-ethyl adjacent to an activating group) is 1. The van der Waals surface area contributed by atoms with Crippen molar-refractivity contribution in [1.29, 1.82) is 0 Å². The van der Waals surface area contributed by atoms with Gasteiger partial charge in [0.25, 0.3) is 0 Å². The minimum absolute atomic E-state index is 0.0673. The lowest BCUT2D eigenvalue weighted by atomic mass is 10.1. The van der Waals surface area contributed by atoms with Gasteiger partial charge in [0.1, 0.15) is 11.4 Å². The third kappa shape index (κ3) is 4.71. The number of urea groups is 1. The number of carboxylic acids is 1. The molecule has 0 aromatic heterocycles. The van der Waals surface area contributed by atoms with E-state index in [1.165, 1.54) is 17.0 Å². The summed E-state index contributed by atoms with van der Waals surface area (Å²) < 4.78 is 18.7.